The molecule has 4 nitrogen and oxygen atoms in total. The third-order valence-electron chi connectivity index (χ3n) is 3.85. The fraction of sp³-hybridized carbons (Fsp3) is 0.150. The number of rotatable bonds is 6. The number of hydrogen-bond donors (Lipinski definition) is 1. The van der Waals surface area contributed by atoms with Crippen molar-refractivity contribution in [2.75, 3.05) is 0 Å². The lowest BCUT2D eigenvalue weighted by Gasteiger charge is -2.10. The maximum Gasteiger partial charge on any atom is 0.220 e. The molecule has 1 aromatic carbocycles. The van der Waals surface area contributed by atoms with Crippen molar-refractivity contribution in [1.82, 2.24) is 15.3 Å². The van der Waals surface area contributed by atoms with Crippen LogP contribution in [0.15, 0.2) is 67.1 Å². The highest BCUT2D eigenvalue weighted by atomic mass is 35.5. The second-order valence-electron chi connectivity index (χ2n) is 5.65. The largest absolute Gasteiger partial charge is 0.352 e. The Hall–Kier alpha value is -2.72. The highest BCUT2D eigenvalue weighted by Gasteiger charge is 2.08. The van der Waals surface area contributed by atoms with E-state index in [0.29, 0.717) is 24.4 Å². The summed E-state index contributed by atoms with van der Waals surface area (Å²) in [4.78, 5) is 20.6. The monoisotopic (exact) mass is 351 g/mol. The molecule has 0 radical (unpaired) electrons. The number of aromatic nitrogens is 2. The average molecular weight is 352 g/mol. The second-order valence-corrected chi connectivity index (χ2v) is 6.09. The van der Waals surface area contributed by atoms with Crippen LogP contribution in [0.4, 0.5) is 0 Å². The van der Waals surface area contributed by atoms with Gasteiger partial charge in [0.05, 0.1) is 5.69 Å². The SMILES string of the molecule is O=C(CCc1cccc(Cl)c1)NCc1cccnc1-c1ccncc1. The molecular formula is C20H18ClN3O. The number of benzene rings is 1. The molecule has 0 aliphatic heterocycles. The van der Waals surface area contributed by atoms with E-state index < -0.39 is 0 Å². The third kappa shape index (κ3) is 4.88. The maximum atomic E-state index is 12.1. The topological polar surface area (TPSA) is 54.9 Å². The molecule has 126 valence electrons. The molecule has 5 heteroatoms. The molecule has 2 heterocycles. The van der Waals surface area contributed by atoms with Crippen LogP contribution in [0.2, 0.25) is 5.02 Å². The summed E-state index contributed by atoms with van der Waals surface area (Å²) in [6, 6.07) is 15.2. The van der Waals surface area contributed by atoms with Crippen molar-refractivity contribution >= 4 is 17.5 Å². The van der Waals surface area contributed by atoms with E-state index in [1.165, 1.54) is 0 Å². The van der Waals surface area contributed by atoms with Gasteiger partial charge in [-0.05, 0) is 47.9 Å². The van der Waals surface area contributed by atoms with Crippen molar-refractivity contribution in [2.24, 2.45) is 0 Å². The number of hydrogen-bond acceptors (Lipinski definition) is 3. The molecule has 0 saturated heterocycles. The van der Waals surface area contributed by atoms with E-state index in [1.54, 1.807) is 18.6 Å². The van der Waals surface area contributed by atoms with Crippen LogP contribution in [-0.2, 0) is 17.8 Å². The molecule has 0 bridgehead atoms. The Bertz CT molecular complexity index is 852. The Morgan fingerprint density at radius 1 is 1.04 bits per heavy atom. The van der Waals surface area contributed by atoms with E-state index >= 15 is 0 Å². The Labute approximate surface area is 151 Å². The van der Waals surface area contributed by atoms with Gasteiger partial charge < -0.3 is 5.32 Å². The first-order valence-corrected chi connectivity index (χ1v) is 8.45. The molecule has 25 heavy (non-hydrogen) atoms. The smallest absolute Gasteiger partial charge is 0.220 e. The minimum Gasteiger partial charge on any atom is -0.352 e. The zero-order chi connectivity index (χ0) is 17.5. The standard InChI is InChI=1S/C20H18ClN3O/c21-18-5-1-3-15(13-18)6-7-19(25)24-14-17-4-2-10-23-20(17)16-8-11-22-12-9-16/h1-5,8-13H,6-7,14H2,(H,24,25). The van der Waals surface area contributed by atoms with Gasteiger partial charge in [0, 0.05) is 42.1 Å². The number of amides is 1. The molecule has 0 atom stereocenters. The van der Waals surface area contributed by atoms with Gasteiger partial charge in [-0.15, -0.1) is 0 Å². The van der Waals surface area contributed by atoms with E-state index in [2.05, 4.69) is 15.3 Å². The summed E-state index contributed by atoms with van der Waals surface area (Å²) in [5, 5.41) is 3.66. The van der Waals surface area contributed by atoms with Crippen LogP contribution in [0, 0.1) is 0 Å². The minimum atomic E-state index is 0.00417. The van der Waals surface area contributed by atoms with E-state index in [0.717, 1.165) is 22.4 Å². The molecule has 0 spiro atoms. The van der Waals surface area contributed by atoms with Gasteiger partial charge in [-0.3, -0.25) is 14.8 Å². The lowest BCUT2D eigenvalue weighted by atomic mass is 10.1. The Kier molecular flexibility index (Phi) is 5.75. The summed E-state index contributed by atoms with van der Waals surface area (Å²) in [5.74, 6) is 0.00417. The Morgan fingerprint density at radius 3 is 2.68 bits per heavy atom. The number of pyridine rings is 2. The van der Waals surface area contributed by atoms with Crippen molar-refractivity contribution in [3.8, 4) is 11.3 Å². The molecule has 0 aliphatic carbocycles. The van der Waals surface area contributed by atoms with Crippen LogP contribution >= 0.6 is 11.6 Å². The average Bonchev–Trinajstić information content (AvgIpc) is 2.66. The lowest BCUT2D eigenvalue weighted by Crippen LogP contribution is -2.23. The molecular weight excluding hydrogens is 334 g/mol. The summed E-state index contributed by atoms with van der Waals surface area (Å²) < 4.78 is 0. The normalized spacial score (nSPS) is 10.4. The highest BCUT2D eigenvalue weighted by Crippen LogP contribution is 2.20. The number of halogens is 1. The summed E-state index contributed by atoms with van der Waals surface area (Å²) in [7, 11) is 0. The number of carbonyl (C=O) groups is 1. The highest BCUT2D eigenvalue weighted by molar-refractivity contribution is 6.30. The van der Waals surface area contributed by atoms with E-state index in [1.807, 2.05) is 48.5 Å². The Morgan fingerprint density at radius 2 is 1.88 bits per heavy atom. The zero-order valence-corrected chi connectivity index (χ0v) is 14.4. The first-order chi connectivity index (χ1) is 12.2. The van der Waals surface area contributed by atoms with Crippen molar-refractivity contribution in [3.05, 3.63) is 83.3 Å². The first-order valence-electron chi connectivity index (χ1n) is 8.08. The van der Waals surface area contributed by atoms with Crippen LogP contribution in [0.3, 0.4) is 0 Å². The third-order valence-corrected chi connectivity index (χ3v) is 4.09. The van der Waals surface area contributed by atoms with Gasteiger partial charge >= 0.3 is 0 Å². The number of carbonyl (C=O) groups excluding carboxylic acids is 1. The predicted molar refractivity (Wildman–Crippen MR) is 99.1 cm³/mol. The maximum absolute atomic E-state index is 12.1. The zero-order valence-electron chi connectivity index (χ0n) is 13.7. The number of nitrogens with zero attached hydrogens (tertiary/aromatic N) is 2. The molecule has 3 aromatic rings. The van der Waals surface area contributed by atoms with Crippen LogP contribution in [0.5, 0.6) is 0 Å². The van der Waals surface area contributed by atoms with Gasteiger partial charge in [-0.25, -0.2) is 0 Å². The van der Waals surface area contributed by atoms with Gasteiger partial charge in [-0.2, -0.15) is 0 Å². The molecule has 3 rings (SSSR count). The molecule has 0 aliphatic rings. The molecule has 1 N–H and O–H groups in total. The van der Waals surface area contributed by atoms with Crippen LogP contribution in [0.1, 0.15) is 17.5 Å². The van der Waals surface area contributed by atoms with Crippen LogP contribution in [0.25, 0.3) is 11.3 Å². The summed E-state index contributed by atoms with van der Waals surface area (Å²) in [5.41, 5.74) is 3.88. The summed E-state index contributed by atoms with van der Waals surface area (Å²) >= 11 is 5.97. The Balaban J connectivity index is 1.59. The second kappa shape index (κ2) is 8.40. The fourth-order valence-electron chi connectivity index (χ4n) is 2.58. The van der Waals surface area contributed by atoms with Gasteiger partial charge in [0.2, 0.25) is 5.91 Å². The van der Waals surface area contributed by atoms with Crippen LogP contribution < -0.4 is 5.32 Å². The predicted octanol–water partition coefficient (Wildman–Crippen LogP) is 4.05. The molecule has 0 unspecified atom stereocenters. The van der Waals surface area contributed by atoms with Gasteiger partial charge in [0.25, 0.3) is 0 Å². The van der Waals surface area contributed by atoms with Crippen molar-refractivity contribution in [3.63, 3.8) is 0 Å². The molecule has 1 amide bonds. The van der Waals surface area contributed by atoms with Crippen molar-refractivity contribution in [1.29, 1.82) is 0 Å². The minimum absolute atomic E-state index is 0.00417. The fourth-order valence-corrected chi connectivity index (χ4v) is 2.80. The number of nitrogens with one attached hydrogen (secondary N) is 1. The first kappa shape index (κ1) is 17.1. The van der Waals surface area contributed by atoms with Crippen molar-refractivity contribution < 1.29 is 4.79 Å². The van der Waals surface area contributed by atoms with E-state index in [4.69, 9.17) is 11.6 Å². The quantitative estimate of drug-likeness (QED) is 0.729. The van der Waals surface area contributed by atoms with Gasteiger partial charge in [0.1, 0.15) is 0 Å². The summed E-state index contributed by atoms with van der Waals surface area (Å²) in [6.45, 7) is 0.444. The molecule has 0 fully saturated rings. The molecule has 2 aromatic heterocycles. The van der Waals surface area contributed by atoms with Crippen LogP contribution in [-0.4, -0.2) is 15.9 Å². The number of aryl methyl sites for hydroxylation is 1. The van der Waals surface area contributed by atoms with E-state index in [9.17, 15) is 4.79 Å². The van der Waals surface area contributed by atoms with Gasteiger partial charge in [-0.1, -0.05) is 29.8 Å². The lowest BCUT2D eigenvalue weighted by molar-refractivity contribution is -0.121. The summed E-state index contributed by atoms with van der Waals surface area (Å²) in [6.07, 6.45) is 6.30. The van der Waals surface area contributed by atoms with E-state index in [-0.39, 0.29) is 5.91 Å². The molecule has 0 saturated carbocycles. The van der Waals surface area contributed by atoms with Crippen molar-refractivity contribution in [2.45, 2.75) is 19.4 Å². The van der Waals surface area contributed by atoms with Gasteiger partial charge in [0.15, 0.2) is 0 Å².